The van der Waals surface area contributed by atoms with Gasteiger partial charge in [-0.3, -0.25) is 4.79 Å². The van der Waals surface area contributed by atoms with Gasteiger partial charge in [0.05, 0.1) is 4.90 Å². The second kappa shape index (κ2) is 5.10. The van der Waals surface area contributed by atoms with Crippen LogP contribution in [0.2, 0.25) is 0 Å². The first-order valence-electron chi connectivity index (χ1n) is 6.54. The van der Waals surface area contributed by atoms with E-state index in [4.69, 9.17) is 0 Å². The molecule has 0 fully saturated rings. The first-order valence-corrected chi connectivity index (χ1v) is 8.77. The van der Waals surface area contributed by atoms with E-state index in [1.807, 2.05) is 6.92 Å². The van der Waals surface area contributed by atoms with Gasteiger partial charge in [-0.2, -0.15) is 0 Å². The molecule has 3 rings (SSSR count). The third-order valence-corrected chi connectivity index (χ3v) is 5.97. The summed E-state index contributed by atoms with van der Waals surface area (Å²) in [7, 11) is -3.83. The summed E-state index contributed by atoms with van der Waals surface area (Å²) < 4.78 is 27.5. The van der Waals surface area contributed by atoms with E-state index >= 15 is 0 Å². The number of hydrogen-bond donors (Lipinski definition) is 1. The van der Waals surface area contributed by atoms with Crippen LogP contribution in [-0.2, 0) is 10.0 Å². The van der Waals surface area contributed by atoms with E-state index in [2.05, 4.69) is 20.9 Å². The summed E-state index contributed by atoms with van der Waals surface area (Å²) in [5.74, 6) is 0. The summed E-state index contributed by atoms with van der Waals surface area (Å²) in [5.41, 5.74) is 1.12. The van der Waals surface area contributed by atoms with Crippen molar-refractivity contribution in [2.24, 2.45) is 0 Å². The maximum absolute atomic E-state index is 12.9. The quantitative estimate of drug-likeness (QED) is 0.742. The molecule has 0 aliphatic rings. The number of nitrogens with one attached hydrogen (secondary N) is 1. The van der Waals surface area contributed by atoms with Gasteiger partial charge in [0.15, 0.2) is 0 Å². The fraction of sp³-hybridized carbons (Fsp3) is 0.133. The maximum Gasteiger partial charge on any atom is 0.273 e. The molecule has 7 heteroatoms. The van der Waals surface area contributed by atoms with Crippen LogP contribution >= 0.6 is 15.9 Å². The van der Waals surface area contributed by atoms with Crippen LogP contribution in [-0.4, -0.2) is 17.4 Å². The lowest BCUT2D eigenvalue weighted by atomic mass is 10.2. The van der Waals surface area contributed by atoms with Gasteiger partial charge >= 0.3 is 0 Å². The SMILES string of the molecule is Cc1ccc(S(=O)(=O)n2c(C)cc3c(Br)c[nH]c(=O)c32)cc1. The van der Waals surface area contributed by atoms with E-state index in [0.29, 0.717) is 15.6 Å². The molecule has 0 bridgehead atoms. The topological polar surface area (TPSA) is 71.9 Å². The Hall–Kier alpha value is -1.86. The highest BCUT2D eigenvalue weighted by Gasteiger charge is 2.23. The zero-order valence-corrected chi connectivity index (χ0v) is 14.3. The van der Waals surface area contributed by atoms with E-state index in [0.717, 1.165) is 9.54 Å². The molecule has 0 saturated heterocycles. The summed E-state index contributed by atoms with van der Waals surface area (Å²) in [6, 6.07) is 8.23. The van der Waals surface area contributed by atoms with Crippen LogP contribution in [0.15, 0.2) is 50.7 Å². The van der Waals surface area contributed by atoms with Gasteiger partial charge in [0.2, 0.25) is 0 Å². The minimum absolute atomic E-state index is 0.118. The van der Waals surface area contributed by atoms with Gasteiger partial charge in [-0.25, -0.2) is 12.4 Å². The molecule has 0 unspecified atom stereocenters. The van der Waals surface area contributed by atoms with Gasteiger partial charge in [0.1, 0.15) is 5.52 Å². The van der Waals surface area contributed by atoms with Crippen LogP contribution in [0.5, 0.6) is 0 Å². The lowest BCUT2D eigenvalue weighted by Gasteiger charge is -2.09. The Kier molecular flexibility index (Phi) is 3.49. The number of benzene rings is 1. The first-order chi connectivity index (χ1) is 10.3. The number of halogens is 1. The number of aromatic amines is 1. The predicted octanol–water partition coefficient (Wildman–Crippen LogP) is 2.95. The van der Waals surface area contributed by atoms with Crippen molar-refractivity contribution in [1.29, 1.82) is 0 Å². The van der Waals surface area contributed by atoms with Crippen LogP contribution in [0.4, 0.5) is 0 Å². The number of pyridine rings is 1. The van der Waals surface area contributed by atoms with Gasteiger partial charge in [0.25, 0.3) is 15.6 Å². The number of aromatic nitrogens is 2. The van der Waals surface area contributed by atoms with Crippen LogP contribution in [0.25, 0.3) is 10.9 Å². The molecule has 2 aromatic heterocycles. The minimum atomic E-state index is -3.83. The standard InChI is InChI=1S/C15H13BrN2O3S/c1-9-3-5-11(6-4-9)22(20,21)18-10(2)7-12-13(16)8-17-15(19)14(12)18/h3-8H,1-2H3,(H,17,19). The zero-order chi connectivity index (χ0) is 16.1. The van der Waals surface area contributed by atoms with Crippen molar-refractivity contribution >= 4 is 36.9 Å². The molecule has 22 heavy (non-hydrogen) atoms. The fourth-order valence-electron chi connectivity index (χ4n) is 2.42. The molecule has 0 aliphatic heterocycles. The molecular weight excluding hydrogens is 368 g/mol. The molecule has 5 nitrogen and oxygen atoms in total. The smallest absolute Gasteiger partial charge is 0.273 e. The summed E-state index contributed by atoms with van der Waals surface area (Å²) in [5, 5.41) is 0.567. The molecule has 3 aromatic rings. The Morgan fingerprint density at radius 2 is 1.77 bits per heavy atom. The predicted molar refractivity (Wildman–Crippen MR) is 88.8 cm³/mol. The van der Waals surface area contributed by atoms with Crippen LogP contribution in [0.3, 0.4) is 0 Å². The molecule has 0 radical (unpaired) electrons. The molecule has 0 spiro atoms. The lowest BCUT2D eigenvalue weighted by molar-refractivity contribution is 0.588. The summed E-state index contributed by atoms with van der Waals surface area (Å²) in [6.07, 6.45) is 1.51. The Bertz CT molecular complexity index is 1030. The van der Waals surface area contributed by atoms with Crippen molar-refractivity contribution in [2.75, 3.05) is 0 Å². The molecule has 1 aromatic carbocycles. The van der Waals surface area contributed by atoms with Gasteiger partial charge < -0.3 is 4.98 Å². The highest BCUT2D eigenvalue weighted by atomic mass is 79.9. The van der Waals surface area contributed by atoms with Crippen molar-refractivity contribution in [1.82, 2.24) is 8.96 Å². The molecular formula is C15H13BrN2O3S. The number of hydrogen-bond acceptors (Lipinski definition) is 3. The van der Waals surface area contributed by atoms with Crippen LogP contribution < -0.4 is 5.56 Å². The molecule has 0 saturated carbocycles. The Morgan fingerprint density at radius 1 is 1.14 bits per heavy atom. The second-order valence-corrected chi connectivity index (χ2v) is 7.74. The minimum Gasteiger partial charge on any atom is -0.326 e. The number of H-pyrrole nitrogens is 1. The Morgan fingerprint density at radius 3 is 2.41 bits per heavy atom. The van der Waals surface area contributed by atoms with Gasteiger partial charge in [-0.15, -0.1) is 0 Å². The highest BCUT2D eigenvalue weighted by molar-refractivity contribution is 9.10. The van der Waals surface area contributed by atoms with E-state index < -0.39 is 15.6 Å². The summed E-state index contributed by atoms with van der Waals surface area (Å²) >= 11 is 3.33. The van der Waals surface area contributed by atoms with Crippen molar-refractivity contribution < 1.29 is 8.42 Å². The highest BCUT2D eigenvalue weighted by Crippen LogP contribution is 2.27. The number of fused-ring (bicyclic) bond motifs is 1. The van der Waals surface area contributed by atoms with Crippen molar-refractivity contribution in [3.05, 3.63) is 62.6 Å². The zero-order valence-electron chi connectivity index (χ0n) is 11.9. The third-order valence-electron chi connectivity index (χ3n) is 3.49. The van der Waals surface area contributed by atoms with Gasteiger partial charge in [0, 0.05) is 21.7 Å². The summed E-state index contributed by atoms with van der Waals surface area (Å²) in [4.78, 5) is 14.8. The number of nitrogens with zero attached hydrogens (tertiary/aromatic N) is 1. The van der Waals surface area contributed by atoms with Crippen LogP contribution in [0.1, 0.15) is 11.3 Å². The average molecular weight is 381 g/mol. The van der Waals surface area contributed by atoms with Crippen molar-refractivity contribution in [3.8, 4) is 0 Å². The molecule has 0 aliphatic carbocycles. The second-order valence-electron chi connectivity index (χ2n) is 5.10. The normalized spacial score (nSPS) is 12.0. The van der Waals surface area contributed by atoms with E-state index in [1.165, 1.54) is 6.20 Å². The Balaban J connectivity index is 2.39. The van der Waals surface area contributed by atoms with Crippen LogP contribution in [0, 0.1) is 13.8 Å². The summed E-state index contributed by atoms with van der Waals surface area (Å²) in [6.45, 7) is 3.55. The lowest BCUT2D eigenvalue weighted by Crippen LogP contribution is -2.19. The molecule has 0 atom stereocenters. The molecule has 1 N–H and O–H groups in total. The van der Waals surface area contributed by atoms with Crippen molar-refractivity contribution in [2.45, 2.75) is 18.7 Å². The third kappa shape index (κ3) is 2.21. The molecule has 2 heterocycles. The largest absolute Gasteiger partial charge is 0.326 e. The monoisotopic (exact) mass is 380 g/mol. The van der Waals surface area contributed by atoms with Gasteiger partial charge in [-0.05, 0) is 48.0 Å². The van der Waals surface area contributed by atoms with E-state index in [9.17, 15) is 13.2 Å². The Labute approximate surface area is 135 Å². The fourth-order valence-corrected chi connectivity index (χ4v) is 4.38. The van der Waals surface area contributed by atoms with Crippen molar-refractivity contribution in [3.63, 3.8) is 0 Å². The van der Waals surface area contributed by atoms with E-state index in [-0.39, 0.29) is 10.4 Å². The average Bonchev–Trinajstić information content (AvgIpc) is 2.83. The number of aryl methyl sites for hydroxylation is 2. The molecule has 0 amide bonds. The first kappa shape index (κ1) is 15.1. The number of rotatable bonds is 2. The van der Waals surface area contributed by atoms with E-state index in [1.54, 1.807) is 37.3 Å². The molecule has 114 valence electrons. The maximum atomic E-state index is 12.9. The van der Waals surface area contributed by atoms with Gasteiger partial charge in [-0.1, -0.05) is 17.7 Å².